The van der Waals surface area contributed by atoms with Crippen molar-refractivity contribution >= 4 is 32.8 Å². The van der Waals surface area contributed by atoms with Crippen molar-refractivity contribution in [1.29, 1.82) is 0 Å². The van der Waals surface area contributed by atoms with Crippen LogP contribution in [0.2, 0.25) is 0 Å². The van der Waals surface area contributed by atoms with E-state index in [9.17, 15) is 0 Å². The number of halogens is 1. The highest BCUT2D eigenvalue weighted by molar-refractivity contribution is 9.10. The molecule has 1 fully saturated rings. The second-order valence-electron chi connectivity index (χ2n) is 5.20. The second-order valence-corrected chi connectivity index (χ2v) is 6.12. The van der Waals surface area contributed by atoms with Crippen molar-refractivity contribution < 1.29 is 0 Å². The number of nitrogens with one attached hydrogen (secondary N) is 1. The Morgan fingerprint density at radius 1 is 1.45 bits per heavy atom. The zero-order chi connectivity index (χ0) is 13.9. The van der Waals surface area contributed by atoms with Crippen molar-refractivity contribution in [3.63, 3.8) is 0 Å². The summed E-state index contributed by atoms with van der Waals surface area (Å²) in [6.45, 7) is 5.49. The van der Waals surface area contributed by atoms with Crippen LogP contribution in [0.4, 0.5) is 5.95 Å². The van der Waals surface area contributed by atoms with E-state index in [0.717, 1.165) is 34.4 Å². The number of likely N-dealkylation sites (N-methyl/N-ethyl adjacent to an activating group) is 1. The van der Waals surface area contributed by atoms with E-state index in [4.69, 9.17) is 0 Å². The Morgan fingerprint density at radius 3 is 3.20 bits per heavy atom. The van der Waals surface area contributed by atoms with Crippen LogP contribution in [0, 0.1) is 0 Å². The van der Waals surface area contributed by atoms with Crippen LogP contribution in [-0.4, -0.2) is 40.5 Å². The first-order chi connectivity index (χ1) is 9.76. The Labute approximate surface area is 127 Å². The van der Waals surface area contributed by atoms with Crippen LogP contribution in [0.5, 0.6) is 0 Å². The third-order valence-electron chi connectivity index (χ3n) is 3.94. The highest BCUT2D eigenvalue weighted by atomic mass is 79.9. The van der Waals surface area contributed by atoms with Crippen molar-refractivity contribution in [1.82, 2.24) is 14.9 Å². The maximum absolute atomic E-state index is 4.57. The molecule has 1 aliphatic rings. The molecule has 0 saturated carbocycles. The van der Waals surface area contributed by atoms with E-state index < -0.39 is 0 Å². The lowest BCUT2D eigenvalue weighted by atomic mass is 10.2. The van der Waals surface area contributed by atoms with Crippen molar-refractivity contribution in [2.75, 3.05) is 25.0 Å². The van der Waals surface area contributed by atoms with Gasteiger partial charge in [0.25, 0.3) is 0 Å². The molecule has 20 heavy (non-hydrogen) atoms. The summed E-state index contributed by atoms with van der Waals surface area (Å²) in [5, 5.41) is 4.44. The molecule has 2 aromatic rings. The van der Waals surface area contributed by atoms with Gasteiger partial charge in [0.1, 0.15) is 0 Å². The predicted octanol–water partition coefficient (Wildman–Crippen LogP) is 3.29. The van der Waals surface area contributed by atoms with Gasteiger partial charge >= 0.3 is 0 Å². The molecule has 0 spiro atoms. The molecule has 106 valence electrons. The van der Waals surface area contributed by atoms with Gasteiger partial charge in [0.2, 0.25) is 5.95 Å². The maximum atomic E-state index is 4.57. The van der Waals surface area contributed by atoms with Gasteiger partial charge in [-0.1, -0.05) is 22.9 Å². The summed E-state index contributed by atoms with van der Waals surface area (Å²) in [6, 6.07) is 6.67. The molecule has 2 heterocycles. The molecular formula is C15H19BrN4. The molecule has 3 rings (SSSR count). The topological polar surface area (TPSA) is 41.0 Å². The minimum absolute atomic E-state index is 0.615. The molecule has 0 unspecified atom stereocenters. The average molecular weight is 335 g/mol. The van der Waals surface area contributed by atoms with E-state index in [1.807, 2.05) is 24.4 Å². The van der Waals surface area contributed by atoms with Crippen molar-refractivity contribution in [2.24, 2.45) is 0 Å². The lowest BCUT2D eigenvalue weighted by Crippen LogP contribution is -2.34. The molecule has 1 aliphatic heterocycles. The number of hydrogen-bond acceptors (Lipinski definition) is 4. The van der Waals surface area contributed by atoms with E-state index in [2.05, 4.69) is 43.0 Å². The number of hydrogen-bond donors (Lipinski definition) is 1. The molecule has 1 aromatic carbocycles. The molecule has 1 saturated heterocycles. The smallest absolute Gasteiger partial charge is 0.223 e. The fourth-order valence-electron chi connectivity index (χ4n) is 2.84. The van der Waals surface area contributed by atoms with E-state index >= 15 is 0 Å². The number of nitrogens with zero attached hydrogens (tertiary/aromatic N) is 3. The Balaban J connectivity index is 1.70. The molecule has 1 atom stereocenters. The standard InChI is InChI=1S/C15H19BrN4/c1-2-20-7-3-4-13(20)10-18-15-17-9-11-8-12(16)5-6-14(11)19-15/h5-6,8-9,13H,2-4,7,10H2,1H3,(H,17,18,19)/t13-/m1/s1. The fraction of sp³-hybridized carbons (Fsp3) is 0.467. The summed E-state index contributed by atoms with van der Waals surface area (Å²) in [5.41, 5.74) is 0.976. The molecule has 4 nitrogen and oxygen atoms in total. The molecule has 1 aromatic heterocycles. The van der Waals surface area contributed by atoms with Gasteiger partial charge in [0.15, 0.2) is 0 Å². The lowest BCUT2D eigenvalue weighted by Gasteiger charge is -2.22. The third-order valence-corrected chi connectivity index (χ3v) is 4.44. The van der Waals surface area contributed by atoms with Crippen LogP contribution in [0.3, 0.4) is 0 Å². The lowest BCUT2D eigenvalue weighted by molar-refractivity contribution is 0.277. The number of anilines is 1. The van der Waals surface area contributed by atoms with Crippen LogP contribution in [-0.2, 0) is 0 Å². The van der Waals surface area contributed by atoms with E-state index in [1.165, 1.54) is 19.4 Å². The monoisotopic (exact) mass is 334 g/mol. The zero-order valence-electron chi connectivity index (χ0n) is 11.6. The van der Waals surface area contributed by atoms with E-state index in [0.29, 0.717) is 6.04 Å². The van der Waals surface area contributed by atoms with Gasteiger partial charge in [-0.3, -0.25) is 4.90 Å². The van der Waals surface area contributed by atoms with Crippen LogP contribution in [0.1, 0.15) is 19.8 Å². The predicted molar refractivity (Wildman–Crippen MR) is 86.0 cm³/mol. The van der Waals surface area contributed by atoms with Crippen LogP contribution in [0.25, 0.3) is 10.9 Å². The van der Waals surface area contributed by atoms with Gasteiger partial charge in [-0.05, 0) is 44.1 Å². The van der Waals surface area contributed by atoms with Gasteiger partial charge in [0.05, 0.1) is 5.52 Å². The van der Waals surface area contributed by atoms with Gasteiger partial charge in [-0.2, -0.15) is 0 Å². The first-order valence-electron chi connectivity index (χ1n) is 7.16. The summed E-state index contributed by atoms with van der Waals surface area (Å²) in [7, 11) is 0. The molecular weight excluding hydrogens is 316 g/mol. The minimum Gasteiger partial charge on any atom is -0.353 e. The van der Waals surface area contributed by atoms with Gasteiger partial charge in [-0.25, -0.2) is 9.97 Å². The largest absolute Gasteiger partial charge is 0.353 e. The highest BCUT2D eigenvalue weighted by Crippen LogP contribution is 2.19. The number of aromatic nitrogens is 2. The Hall–Kier alpha value is -1.20. The number of rotatable bonds is 4. The number of benzene rings is 1. The SMILES string of the molecule is CCN1CCC[C@@H]1CNc1ncc2cc(Br)ccc2n1. The molecule has 0 radical (unpaired) electrons. The maximum Gasteiger partial charge on any atom is 0.223 e. The number of fused-ring (bicyclic) bond motifs is 1. The van der Waals surface area contributed by atoms with Crippen LogP contribution >= 0.6 is 15.9 Å². The van der Waals surface area contributed by atoms with Crippen molar-refractivity contribution in [3.8, 4) is 0 Å². The van der Waals surface area contributed by atoms with E-state index in [-0.39, 0.29) is 0 Å². The number of likely N-dealkylation sites (tertiary alicyclic amines) is 1. The summed E-state index contributed by atoms with van der Waals surface area (Å²) in [5.74, 6) is 0.725. The molecule has 1 N–H and O–H groups in total. The summed E-state index contributed by atoms with van der Waals surface area (Å²) in [6.07, 6.45) is 4.44. The first-order valence-corrected chi connectivity index (χ1v) is 7.96. The normalized spacial score (nSPS) is 19.6. The second kappa shape index (κ2) is 6.06. The Morgan fingerprint density at radius 2 is 2.35 bits per heavy atom. The molecule has 5 heteroatoms. The van der Waals surface area contributed by atoms with Crippen molar-refractivity contribution in [3.05, 3.63) is 28.9 Å². The summed E-state index contributed by atoms with van der Waals surface area (Å²) in [4.78, 5) is 11.5. The average Bonchev–Trinajstić information content (AvgIpc) is 2.92. The van der Waals surface area contributed by atoms with Gasteiger partial charge in [-0.15, -0.1) is 0 Å². The van der Waals surface area contributed by atoms with E-state index in [1.54, 1.807) is 0 Å². The highest BCUT2D eigenvalue weighted by Gasteiger charge is 2.22. The Kier molecular flexibility index (Phi) is 4.17. The zero-order valence-corrected chi connectivity index (χ0v) is 13.2. The third kappa shape index (κ3) is 2.94. The molecule has 0 aliphatic carbocycles. The van der Waals surface area contributed by atoms with Crippen LogP contribution in [0.15, 0.2) is 28.9 Å². The summed E-state index contributed by atoms with van der Waals surface area (Å²) >= 11 is 3.46. The molecule has 0 bridgehead atoms. The fourth-order valence-corrected chi connectivity index (χ4v) is 3.22. The van der Waals surface area contributed by atoms with Gasteiger partial charge < -0.3 is 5.32 Å². The van der Waals surface area contributed by atoms with Crippen LogP contribution < -0.4 is 5.32 Å². The summed E-state index contributed by atoms with van der Waals surface area (Å²) < 4.78 is 1.05. The van der Waals surface area contributed by atoms with Crippen molar-refractivity contribution in [2.45, 2.75) is 25.8 Å². The first kappa shape index (κ1) is 13.8. The molecule has 0 amide bonds. The quantitative estimate of drug-likeness (QED) is 0.931. The Bertz CT molecular complexity index is 601. The van der Waals surface area contributed by atoms with Gasteiger partial charge in [0, 0.05) is 28.6 Å². The minimum atomic E-state index is 0.615.